The largest absolute Gasteiger partial charge is 0.357 e. The Morgan fingerprint density at radius 3 is 2.89 bits per heavy atom. The first-order valence-electron chi connectivity index (χ1n) is 7.57. The third-order valence-corrected chi connectivity index (χ3v) is 4.22. The molecule has 0 aromatic heterocycles. The molecule has 0 bridgehead atoms. The van der Waals surface area contributed by atoms with Crippen LogP contribution in [0.4, 0.5) is 0 Å². The molecule has 1 rings (SSSR count). The van der Waals surface area contributed by atoms with Crippen LogP contribution in [0.5, 0.6) is 0 Å². The van der Waals surface area contributed by atoms with E-state index in [1.807, 2.05) is 11.8 Å². The molecule has 0 saturated carbocycles. The molecule has 2 N–H and O–H groups in total. The zero-order valence-corrected chi connectivity index (χ0v) is 13.6. The van der Waals surface area contributed by atoms with E-state index in [0.717, 1.165) is 32.1 Å². The van der Waals surface area contributed by atoms with Gasteiger partial charge < -0.3 is 10.6 Å². The first kappa shape index (κ1) is 16.6. The SMILES string of the molecule is CCNC(=NCC1CCCN1CC)NCCCSC. The minimum Gasteiger partial charge on any atom is -0.357 e. The fraction of sp³-hybridized carbons (Fsp3) is 0.929. The van der Waals surface area contributed by atoms with Gasteiger partial charge in [-0.05, 0) is 51.3 Å². The van der Waals surface area contributed by atoms with Crippen LogP contribution in [0.1, 0.15) is 33.1 Å². The highest BCUT2D eigenvalue weighted by atomic mass is 32.2. The Kier molecular flexibility index (Phi) is 9.08. The lowest BCUT2D eigenvalue weighted by molar-refractivity contribution is 0.273. The molecule has 0 aromatic carbocycles. The van der Waals surface area contributed by atoms with Crippen molar-refractivity contribution in [3.8, 4) is 0 Å². The van der Waals surface area contributed by atoms with E-state index in [4.69, 9.17) is 4.99 Å². The number of hydrogen-bond donors (Lipinski definition) is 2. The summed E-state index contributed by atoms with van der Waals surface area (Å²) in [4.78, 5) is 7.28. The summed E-state index contributed by atoms with van der Waals surface area (Å²) in [5.41, 5.74) is 0. The van der Waals surface area contributed by atoms with Crippen LogP contribution in [-0.2, 0) is 0 Å². The third-order valence-electron chi connectivity index (χ3n) is 3.53. The molecule has 1 aliphatic rings. The Hall–Kier alpha value is -0.420. The van der Waals surface area contributed by atoms with Gasteiger partial charge in [0.15, 0.2) is 5.96 Å². The Balaban J connectivity index is 2.34. The van der Waals surface area contributed by atoms with Crippen molar-refractivity contribution in [1.82, 2.24) is 15.5 Å². The summed E-state index contributed by atoms with van der Waals surface area (Å²) in [6.45, 7) is 9.62. The van der Waals surface area contributed by atoms with Crippen LogP contribution in [0, 0.1) is 0 Å². The molecule has 1 atom stereocenters. The molecule has 1 saturated heterocycles. The normalized spacial score (nSPS) is 20.8. The number of rotatable bonds is 8. The lowest BCUT2D eigenvalue weighted by atomic mass is 10.2. The third kappa shape index (κ3) is 6.52. The number of likely N-dealkylation sites (tertiary alicyclic amines) is 1. The highest BCUT2D eigenvalue weighted by Gasteiger charge is 2.22. The van der Waals surface area contributed by atoms with Crippen LogP contribution in [0.15, 0.2) is 4.99 Å². The fourth-order valence-electron chi connectivity index (χ4n) is 2.48. The molecule has 0 aromatic rings. The predicted octanol–water partition coefficient (Wildman–Crippen LogP) is 1.78. The van der Waals surface area contributed by atoms with E-state index >= 15 is 0 Å². The van der Waals surface area contributed by atoms with E-state index in [2.05, 4.69) is 35.6 Å². The van der Waals surface area contributed by atoms with Crippen LogP contribution < -0.4 is 10.6 Å². The zero-order valence-electron chi connectivity index (χ0n) is 12.7. The maximum atomic E-state index is 4.74. The average Bonchev–Trinajstić information content (AvgIpc) is 2.88. The van der Waals surface area contributed by atoms with E-state index in [9.17, 15) is 0 Å². The van der Waals surface area contributed by atoms with Crippen molar-refractivity contribution >= 4 is 17.7 Å². The van der Waals surface area contributed by atoms with Gasteiger partial charge in [0.25, 0.3) is 0 Å². The number of nitrogens with zero attached hydrogens (tertiary/aromatic N) is 2. The fourth-order valence-corrected chi connectivity index (χ4v) is 2.91. The highest BCUT2D eigenvalue weighted by molar-refractivity contribution is 7.98. The Labute approximate surface area is 122 Å². The van der Waals surface area contributed by atoms with Crippen molar-refractivity contribution < 1.29 is 0 Å². The first-order chi connectivity index (χ1) is 9.31. The highest BCUT2D eigenvalue weighted by Crippen LogP contribution is 2.16. The number of aliphatic imine (C=N–C) groups is 1. The van der Waals surface area contributed by atoms with Crippen molar-refractivity contribution in [1.29, 1.82) is 0 Å². The minimum atomic E-state index is 0.645. The van der Waals surface area contributed by atoms with E-state index in [1.54, 1.807) is 0 Å². The second kappa shape index (κ2) is 10.4. The Morgan fingerprint density at radius 1 is 1.37 bits per heavy atom. The van der Waals surface area contributed by atoms with Crippen molar-refractivity contribution in [2.75, 3.05) is 44.7 Å². The topological polar surface area (TPSA) is 39.7 Å². The van der Waals surface area contributed by atoms with Crippen LogP contribution >= 0.6 is 11.8 Å². The molecule has 1 aliphatic heterocycles. The maximum Gasteiger partial charge on any atom is 0.191 e. The molecule has 0 radical (unpaired) electrons. The van der Waals surface area contributed by atoms with E-state index in [-0.39, 0.29) is 0 Å². The Bertz CT molecular complexity index is 258. The standard InChI is InChI=1S/C14H30N4S/c1-4-15-14(16-9-7-11-19-3)17-12-13-8-6-10-18(13)5-2/h13H,4-12H2,1-3H3,(H2,15,16,17). The summed E-state index contributed by atoms with van der Waals surface area (Å²) >= 11 is 1.90. The molecule has 0 aliphatic carbocycles. The van der Waals surface area contributed by atoms with Crippen molar-refractivity contribution in [3.63, 3.8) is 0 Å². The van der Waals surface area contributed by atoms with Crippen LogP contribution in [0.3, 0.4) is 0 Å². The van der Waals surface area contributed by atoms with E-state index < -0.39 is 0 Å². The lowest BCUT2D eigenvalue weighted by Gasteiger charge is -2.21. The summed E-state index contributed by atoms with van der Waals surface area (Å²) in [5.74, 6) is 2.19. The maximum absolute atomic E-state index is 4.74. The molecule has 4 nitrogen and oxygen atoms in total. The molecule has 0 spiro atoms. The zero-order chi connectivity index (χ0) is 13.9. The summed E-state index contributed by atoms with van der Waals surface area (Å²) < 4.78 is 0. The van der Waals surface area contributed by atoms with Gasteiger partial charge in [0, 0.05) is 19.1 Å². The van der Waals surface area contributed by atoms with Crippen molar-refractivity contribution in [2.24, 2.45) is 4.99 Å². The number of thioether (sulfide) groups is 1. The van der Waals surface area contributed by atoms with Gasteiger partial charge in [-0.25, -0.2) is 0 Å². The summed E-state index contributed by atoms with van der Waals surface area (Å²) in [5, 5.41) is 6.75. The van der Waals surface area contributed by atoms with Gasteiger partial charge in [0.1, 0.15) is 0 Å². The van der Waals surface area contributed by atoms with Crippen molar-refractivity contribution in [2.45, 2.75) is 39.2 Å². The quantitative estimate of drug-likeness (QED) is 0.405. The molecule has 19 heavy (non-hydrogen) atoms. The van der Waals surface area contributed by atoms with Gasteiger partial charge in [-0.3, -0.25) is 9.89 Å². The first-order valence-corrected chi connectivity index (χ1v) is 8.96. The van der Waals surface area contributed by atoms with Gasteiger partial charge in [-0.2, -0.15) is 11.8 Å². The molecular formula is C14H30N4S. The number of guanidine groups is 1. The molecule has 1 unspecified atom stereocenters. The van der Waals surface area contributed by atoms with Gasteiger partial charge in [0.05, 0.1) is 6.54 Å². The molecule has 5 heteroatoms. The second-order valence-electron chi connectivity index (χ2n) is 4.92. The smallest absolute Gasteiger partial charge is 0.191 e. The van der Waals surface area contributed by atoms with Crippen LogP contribution in [0.25, 0.3) is 0 Å². The van der Waals surface area contributed by atoms with Gasteiger partial charge >= 0.3 is 0 Å². The Morgan fingerprint density at radius 2 is 2.21 bits per heavy atom. The number of nitrogens with one attached hydrogen (secondary N) is 2. The second-order valence-corrected chi connectivity index (χ2v) is 5.90. The van der Waals surface area contributed by atoms with Gasteiger partial charge in [-0.1, -0.05) is 6.92 Å². The molecule has 1 heterocycles. The van der Waals surface area contributed by atoms with E-state index in [0.29, 0.717) is 6.04 Å². The molecule has 112 valence electrons. The van der Waals surface area contributed by atoms with E-state index in [1.165, 1.54) is 31.6 Å². The molecule has 1 fully saturated rings. The predicted molar refractivity (Wildman–Crippen MR) is 87.2 cm³/mol. The van der Waals surface area contributed by atoms with Gasteiger partial charge in [-0.15, -0.1) is 0 Å². The molecule has 0 amide bonds. The number of hydrogen-bond acceptors (Lipinski definition) is 3. The summed E-state index contributed by atoms with van der Waals surface area (Å²) in [6, 6.07) is 0.645. The summed E-state index contributed by atoms with van der Waals surface area (Å²) in [7, 11) is 0. The minimum absolute atomic E-state index is 0.645. The van der Waals surface area contributed by atoms with Crippen LogP contribution in [-0.4, -0.2) is 61.6 Å². The summed E-state index contributed by atoms with van der Waals surface area (Å²) in [6.07, 6.45) is 5.96. The number of likely N-dealkylation sites (N-methyl/N-ethyl adjacent to an activating group) is 1. The average molecular weight is 286 g/mol. The van der Waals surface area contributed by atoms with Crippen molar-refractivity contribution in [3.05, 3.63) is 0 Å². The van der Waals surface area contributed by atoms with Crippen LogP contribution in [0.2, 0.25) is 0 Å². The monoisotopic (exact) mass is 286 g/mol. The molecular weight excluding hydrogens is 256 g/mol. The van der Waals surface area contributed by atoms with Gasteiger partial charge in [0.2, 0.25) is 0 Å². The lowest BCUT2D eigenvalue weighted by Crippen LogP contribution is -2.39.